The molecule has 4 rings (SSSR count). The number of aryl methyl sites for hydroxylation is 2. The largest absolute Gasteiger partial charge is 0.299 e. The standard InChI is InChI=1S/C22H20N2O3S2/c1-16-19-21(28-20(16)17-9-4-2-5-10-17)23-15-24(22(19)25)13-8-14-29(26,27)18-11-6-3-7-12-18/h2-7,9-12,15H,8,13-14H2,1H3. The number of hydrogen-bond acceptors (Lipinski definition) is 5. The van der Waals surface area contributed by atoms with E-state index in [1.165, 1.54) is 22.2 Å². The molecule has 2 aromatic carbocycles. The smallest absolute Gasteiger partial charge is 0.262 e. The Labute approximate surface area is 173 Å². The van der Waals surface area contributed by atoms with Gasteiger partial charge in [-0.2, -0.15) is 0 Å². The van der Waals surface area contributed by atoms with Gasteiger partial charge in [0.1, 0.15) is 4.83 Å². The van der Waals surface area contributed by atoms with Crippen LogP contribution in [0.4, 0.5) is 0 Å². The first kappa shape index (κ1) is 19.5. The quantitative estimate of drug-likeness (QED) is 0.463. The maximum atomic E-state index is 13.0. The van der Waals surface area contributed by atoms with E-state index in [1.54, 1.807) is 30.3 Å². The van der Waals surface area contributed by atoms with Crippen molar-refractivity contribution in [2.75, 3.05) is 5.75 Å². The summed E-state index contributed by atoms with van der Waals surface area (Å²) in [7, 11) is -3.36. The van der Waals surface area contributed by atoms with E-state index in [4.69, 9.17) is 0 Å². The molecular formula is C22H20N2O3S2. The third-order valence-electron chi connectivity index (χ3n) is 4.87. The molecule has 0 bridgehead atoms. The monoisotopic (exact) mass is 424 g/mol. The highest BCUT2D eigenvalue weighted by molar-refractivity contribution is 7.91. The number of aromatic nitrogens is 2. The lowest BCUT2D eigenvalue weighted by Crippen LogP contribution is -2.22. The third kappa shape index (κ3) is 3.88. The van der Waals surface area contributed by atoms with Gasteiger partial charge in [-0.3, -0.25) is 9.36 Å². The molecule has 0 atom stereocenters. The van der Waals surface area contributed by atoms with Gasteiger partial charge in [-0.15, -0.1) is 11.3 Å². The lowest BCUT2D eigenvalue weighted by molar-refractivity contribution is 0.583. The minimum absolute atomic E-state index is 0.0145. The van der Waals surface area contributed by atoms with Crippen LogP contribution in [0.15, 0.2) is 76.7 Å². The SMILES string of the molecule is Cc1c(-c2ccccc2)sc2ncn(CCCS(=O)(=O)c3ccccc3)c(=O)c12. The van der Waals surface area contributed by atoms with Gasteiger partial charge in [0.15, 0.2) is 9.84 Å². The maximum Gasteiger partial charge on any atom is 0.262 e. The van der Waals surface area contributed by atoms with E-state index in [1.807, 2.05) is 37.3 Å². The number of hydrogen-bond donors (Lipinski definition) is 0. The van der Waals surface area contributed by atoms with Crippen LogP contribution in [-0.2, 0) is 16.4 Å². The lowest BCUT2D eigenvalue weighted by atomic mass is 10.1. The van der Waals surface area contributed by atoms with Crippen molar-refractivity contribution in [3.05, 3.63) is 82.9 Å². The summed E-state index contributed by atoms with van der Waals surface area (Å²) in [5, 5.41) is 0.613. The van der Waals surface area contributed by atoms with Gasteiger partial charge in [-0.1, -0.05) is 48.5 Å². The molecule has 7 heteroatoms. The Kier molecular flexibility index (Phi) is 5.34. The minimum Gasteiger partial charge on any atom is -0.299 e. The van der Waals surface area contributed by atoms with Crippen LogP contribution in [0.2, 0.25) is 0 Å². The van der Waals surface area contributed by atoms with Crippen LogP contribution in [0.5, 0.6) is 0 Å². The van der Waals surface area contributed by atoms with E-state index in [9.17, 15) is 13.2 Å². The number of thiophene rings is 1. The van der Waals surface area contributed by atoms with Crippen LogP contribution in [0.3, 0.4) is 0 Å². The molecule has 4 aromatic rings. The van der Waals surface area contributed by atoms with E-state index in [-0.39, 0.29) is 11.3 Å². The fraction of sp³-hybridized carbons (Fsp3) is 0.182. The molecule has 2 heterocycles. The number of sulfone groups is 1. The molecule has 0 radical (unpaired) electrons. The van der Waals surface area contributed by atoms with Gasteiger partial charge in [0.25, 0.3) is 5.56 Å². The van der Waals surface area contributed by atoms with Gasteiger partial charge < -0.3 is 0 Å². The van der Waals surface area contributed by atoms with E-state index >= 15 is 0 Å². The molecule has 0 unspecified atom stereocenters. The summed E-state index contributed by atoms with van der Waals surface area (Å²) in [5.41, 5.74) is 1.86. The molecule has 148 valence electrons. The van der Waals surface area contributed by atoms with Crippen LogP contribution in [-0.4, -0.2) is 23.7 Å². The van der Waals surface area contributed by atoms with Crippen molar-refractivity contribution >= 4 is 31.4 Å². The van der Waals surface area contributed by atoms with Crippen molar-refractivity contribution in [3.8, 4) is 10.4 Å². The Morgan fingerprint density at radius 2 is 1.66 bits per heavy atom. The first-order chi connectivity index (χ1) is 14.0. The Morgan fingerprint density at radius 1 is 1.00 bits per heavy atom. The lowest BCUT2D eigenvalue weighted by Gasteiger charge is -2.07. The first-order valence-corrected chi connectivity index (χ1v) is 11.8. The van der Waals surface area contributed by atoms with Gasteiger partial charge >= 0.3 is 0 Å². The second-order valence-electron chi connectivity index (χ2n) is 6.83. The summed E-state index contributed by atoms with van der Waals surface area (Å²) < 4.78 is 26.4. The van der Waals surface area contributed by atoms with E-state index in [0.717, 1.165) is 16.0 Å². The number of benzene rings is 2. The zero-order chi connectivity index (χ0) is 20.4. The van der Waals surface area contributed by atoms with Crippen LogP contribution >= 0.6 is 11.3 Å². The molecule has 0 saturated carbocycles. The normalized spacial score (nSPS) is 11.8. The third-order valence-corrected chi connectivity index (χ3v) is 7.93. The van der Waals surface area contributed by atoms with Crippen molar-refractivity contribution in [1.82, 2.24) is 9.55 Å². The van der Waals surface area contributed by atoms with Crippen LogP contribution in [0, 0.1) is 6.92 Å². The fourth-order valence-corrected chi connectivity index (χ4v) is 5.82. The number of nitrogens with zero attached hydrogens (tertiary/aromatic N) is 2. The molecule has 0 aliphatic rings. The van der Waals surface area contributed by atoms with Gasteiger partial charge in [0.05, 0.1) is 22.4 Å². The summed E-state index contributed by atoms with van der Waals surface area (Å²) in [4.78, 5) is 19.5. The highest BCUT2D eigenvalue weighted by Crippen LogP contribution is 2.35. The molecule has 5 nitrogen and oxygen atoms in total. The molecule has 0 fully saturated rings. The Bertz CT molecular complexity index is 1310. The Balaban J connectivity index is 1.59. The van der Waals surface area contributed by atoms with E-state index < -0.39 is 9.84 Å². The van der Waals surface area contributed by atoms with E-state index in [2.05, 4.69) is 4.98 Å². The topological polar surface area (TPSA) is 69.0 Å². The average molecular weight is 425 g/mol. The first-order valence-electron chi connectivity index (χ1n) is 9.29. The summed E-state index contributed by atoms with van der Waals surface area (Å²) in [5.74, 6) is -0.0145. The van der Waals surface area contributed by atoms with Crippen LogP contribution in [0.1, 0.15) is 12.0 Å². The van der Waals surface area contributed by atoms with Crippen molar-refractivity contribution in [2.45, 2.75) is 24.8 Å². The van der Waals surface area contributed by atoms with Crippen LogP contribution < -0.4 is 5.56 Å². The molecular weight excluding hydrogens is 404 g/mol. The fourth-order valence-electron chi connectivity index (χ4n) is 3.35. The van der Waals surface area contributed by atoms with Crippen molar-refractivity contribution in [2.24, 2.45) is 0 Å². The number of rotatable bonds is 6. The highest BCUT2D eigenvalue weighted by atomic mass is 32.2. The predicted molar refractivity (Wildman–Crippen MR) is 117 cm³/mol. The zero-order valence-corrected chi connectivity index (χ0v) is 17.5. The summed E-state index contributed by atoms with van der Waals surface area (Å²) in [6, 6.07) is 18.3. The van der Waals surface area contributed by atoms with Gasteiger partial charge in [-0.05, 0) is 36.6 Å². The summed E-state index contributed by atoms with van der Waals surface area (Å²) >= 11 is 1.50. The Hall–Kier alpha value is -2.77. The van der Waals surface area contributed by atoms with Gasteiger partial charge in [0.2, 0.25) is 0 Å². The molecule has 0 N–H and O–H groups in total. The average Bonchev–Trinajstić information content (AvgIpc) is 3.08. The van der Waals surface area contributed by atoms with Gasteiger partial charge in [-0.25, -0.2) is 13.4 Å². The molecule has 0 aliphatic heterocycles. The molecule has 0 amide bonds. The molecule has 29 heavy (non-hydrogen) atoms. The molecule has 0 saturated heterocycles. The van der Waals surface area contributed by atoms with Crippen LogP contribution in [0.25, 0.3) is 20.7 Å². The zero-order valence-electron chi connectivity index (χ0n) is 15.9. The second-order valence-corrected chi connectivity index (χ2v) is 9.94. The maximum absolute atomic E-state index is 13.0. The summed E-state index contributed by atoms with van der Waals surface area (Å²) in [6.07, 6.45) is 1.86. The summed E-state index contributed by atoms with van der Waals surface area (Å²) in [6.45, 7) is 2.25. The van der Waals surface area contributed by atoms with E-state index in [0.29, 0.717) is 28.1 Å². The Morgan fingerprint density at radius 3 is 2.34 bits per heavy atom. The molecule has 2 aromatic heterocycles. The minimum atomic E-state index is -3.36. The van der Waals surface area contributed by atoms with Crippen molar-refractivity contribution < 1.29 is 8.42 Å². The van der Waals surface area contributed by atoms with Crippen molar-refractivity contribution in [3.63, 3.8) is 0 Å². The predicted octanol–water partition coefficient (Wildman–Crippen LogP) is 4.30. The number of fused-ring (bicyclic) bond motifs is 1. The second kappa shape index (κ2) is 7.93. The van der Waals surface area contributed by atoms with Gasteiger partial charge in [0, 0.05) is 11.4 Å². The molecule has 0 spiro atoms. The highest BCUT2D eigenvalue weighted by Gasteiger charge is 2.17. The van der Waals surface area contributed by atoms with Crippen molar-refractivity contribution in [1.29, 1.82) is 0 Å². The molecule has 0 aliphatic carbocycles.